The molecule has 0 amide bonds. The van der Waals surface area contributed by atoms with Gasteiger partial charge in [-0.25, -0.2) is 4.52 Å². The number of rotatable bonds is 2. The van der Waals surface area contributed by atoms with E-state index in [0.717, 1.165) is 17.8 Å². The summed E-state index contributed by atoms with van der Waals surface area (Å²) < 4.78 is 1.88. The summed E-state index contributed by atoms with van der Waals surface area (Å²) >= 11 is 0. The summed E-state index contributed by atoms with van der Waals surface area (Å²) in [6, 6.07) is 7.98. The Hall–Kier alpha value is -1.88. The fraction of sp³-hybridized carbons (Fsp3) is 0.385. The lowest BCUT2D eigenvalue weighted by Gasteiger charge is -2.27. The molecule has 1 fully saturated rings. The fourth-order valence-corrected chi connectivity index (χ4v) is 2.60. The van der Waals surface area contributed by atoms with E-state index in [1.165, 1.54) is 0 Å². The number of carboxylic acids is 1. The second kappa shape index (κ2) is 4.42. The van der Waals surface area contributed by atoms with Crippen LogP contribution in [0.4, 0.5) is 0 Å². The van der Waals surface area contributed by atoms with E-state index in [1.807, 2.05) is 28.8 Å². The number of nitrogens with zero attached hydrogens (tertiary/aromatic N) is 2. The molecule has 18 heavy (non-hydrogen) atoms. The number of carbonyl (C=O) groups is 1. The smallest absolute Gasteiger partial charge is 0.306 e. The van der Waals surface area contributed by atoms with Gasteiger partial charge in [-0.3, -0.25) is 4.79 Å². The first kappa shape index (κ1) is 11.2. The van der Waals surface area contributed by atoms with Crippen LogP contribution in [-0.2, 0) is 4.79 Å². The quantitative estimate of drug-likeness (QED) is 0.840. The van der Waals surface area contributed by atoms with Crippen molar-refractivity contribution in [3.8, 4) is 0 Å². The zero-order valence-electron chi connectivity index (χ0n) is 9.91. The molecule has 2 aromatic heterocycles. The average Bonchev–Trinajstić information content (AvgIpc) is 2.82. The van der Waals surface area contributed by atoms with E-state index >= 15 is 0 Å². The van der Waals surface area contributed by atoms with E-state index < -0.39 is 5.97 Å². The predicted molar refractivity (Wildman–Crippen MR) is 66.3 cm³/mol. The third-order valence-electron chi connectivity index (χ3n) is 3.56. The summed E-state index contributed by atoms with van der Waals surface area (Å²) in [7, 11) is 0. The number of hydrogen-bond acceptors (Lipinski definition) is 3. The van der Waals surface area contributed by atoms with Crippen LogP contribution in [0.25, 0.3) is 5.52 Å². The molecule has 0 spiro atoms. The van der Waals surface area contributed by atoms with Gasteiger partial charge in [0.05, 0.1) is 23.2 Å². The van der Waals surface area contributed by atoms with E-state index in [1.54, 1.807) is 6.20 Å². The normalized spacial score (nSPS) is 24.2. The molecule has 0 saturated carbocycles. The van der Waals surface area contributed by atoms with Crippen molar-refractivity contribution in [2.45, 2.75) is 18.9 Å². The number of aromatic nitrogens is 2. The summed E-state index contributed by atoms with van der Waals surface area (Å²) in [5.74, 6) is -0.958. The SMILES string of the molecule is O=C(O)C1CCNC(c2ccc3cccnn23)C1. The van der Waals surface area contributed by atoms with Crippen molar-refractivity contribution in [3.63, 3.8) is 0 Å². The van der Waals surface area contributed by atoms with E-state index in [0.29, 0.717) is 12.8 Å². The molecule has 0 aromatic carbocycles. The lowest BCUT2D eigenvalue weighted by molar-refractivity contribution is -0.143. The van der Waals surface area contributed by atoms with Gasteiger partial charge in [0, 0.05) is 6.20 Å². The highest BCUT2D eigenvalue weighted by atomic mass is 16.4. The number of fused-ring (bicyclic) bond motifs is 1. The number of nitrogens with one attached hydrogen (secondary N) is 1. The minimum atomic E-state index is -0.699. The molecule has 2 atom stereocenters. The zero-order chi connectivity index (χ0) is 12.5. The van der Waals surface area contributed by atoms with Crippen LogP contribution in [0.3, 0.4) is 0 Å². The first-order chi connectivity index (χ1) is 8.75. The molecule has 2 aromatic rings. The average molecular weight is 245 g/mol. The van der Waals surface area contributed by atoms with Crippen molar-refractivity contribution in [2.75, 3.05) is 6.54 Å². The lowest BCUT2D eigenvalue weighted by atomic mass is 9.91. The Balaban J connectivity index is 1.92. The van der Waals surface area contributed by atoms with Gasteiger partial charge in [-0.1, -0.05) is 0 Å². The Labute approximate surface area is 104 Å². The van der Waals surface area contributed by atoms with Gasteiger partial charge in [-0.05, 0) is 43.7 Å². The van der Waals surface area contributed by atoms with Crippen molar-refractivity contribution >= 4 is 11.5 Å². The summed E-state index contributed by atoms with van der Waals surface area (Å²) in [4.78, 5) is 11.1. The molecule has 5 nitrogen and oxygen atoms in total. The monoisotopic (exact) mass is 245 g/mol. The molecule has 3 rings (SSSR count). The molecule has 3 heterocycles. The first-order valence-corrected chi connectivity index (χ1v) is 6.14. The molecule has 2 N–H and O–H groups in total. The van der Waals surface area contributed by atoms with Crippen molar-refractivity contribution in [2.24, 2.45) is 5.92 Å². The molecule has 1 aliphatic heterocycles. The van der Waals surface area contributed by atoms with Crippen molar-refractivity contribution < 1.29 is 9.90 Å². The van der Waals surface area contributed by atoms with Gasteiger partial charge >= 0.3 is 5.97 Å². The maximum atomic E-state index is 11.1. The Bertz CT molecular complexity index is 578. The highest BCUT2D eigenvalue weighted by Crippen LogP contribution is 2.28. The third-order valence-corrected chi connectivity index (χ3v) is 3.56. The number of piperidine rings is 1. The number of carboxylic acid groups (broad SMARTS) is 1. The summed E-state index contributed by atoms with van der Waals surface area (Å²) in [5.41, 5.74) is 2.07. The molecule has 5 heteroatoms. The summed E-state index contributed by atoms with van der Waals surface area (Å²) in [6.07, 6.45) is 3.06. The van der Waals surface area contributed by atoms with Gasteiger partial charge < -0.3 is 10.4 Å². The molecular formula is C13H15N3O2. The molecule has 0 aliphatic carbocycles. The van der Waals surface area contributed by atoms with Crippen LogP contribution in [0.5, 0.6) is 0 Å². The third kappa shape index (κ3) is 1.86. The molecule has 2 unspecified atom stereocenters. The number of aliphatic carboxylic acids is 1. The van der Waals surface area contributed by atoms with Gasteiger partial charge in [-0.2, -0.15) is 5.10 Å². The van der Waals surface area contributed by atoms with E-state index in [4.69, 9.17) is 5.11 Å². The largest absolute Gasteiger partial charge is 0.481 e. The fourth-order valence-electron chi connectivity index (χ4n) is 2.60. The summed E-state index contributed by atoms with van der Waals surface area (Å²) in [5, 5.41) is 16.8. The number of hydrogen-bond donors (Lipinski definition) is 2. The van der Waals surface area contributed by atoms with Gasteiger partial charge in [-0.15, -0.1) is 0 Å². The molecular weight excluding hydrogens is 230 g/mol. The minimum absolute atomic E-state index is 0.0669. The Morgan fingerprint density at radius 3 is 3.17 bits per heavy atom. The van der Waals surface area contributed by atoms with Crippen LogP contribution < -0.4 is 5.32 Å². The zero-order valence-corrected chi connectivity index (χ0v) is 9.91. The van der Waals surface area contributed by atoms with Crippen LogP contribution in [0, 0.1) is 5.92 Å². The van der Waals surface area contributed by atoms with Gasteiger partial charge in [0.2, 0.25) is 0 Å². The second-order valence-electron chi connectivity index (χ2n) is 4.68. The van der Waals surface area contributed by atoms with Crippen molar-refractivity contribution in [1.29, 1.82) is 0 Å². The van der Waals surface area contributed by atoms with E-state index in [9.17, 15) is 4.79 Å². The Morgan fingerprint density at radius 1 is 1.44 bits per heavy atom. The highest BCUT2D eigenvalue weighted by molar-refractivity contribution is 5.70. The second-order valence-corrected chi connectivity index (χ2v) is 4.68. The Morgan fingerprint density at radius 2 is 2.33 bits per heavy atom. The van der Waals surface area contributed by atoms with Crippen LogP contribution in [-0.4, -0.2) is 27.2 Å². The predicted octanol–water partition coefficient (Wildman–Crippen LogP) is 1.46. The van der Waals surface area contributed by atoms with Crippen LogP contribution in [0.2, 0.25) is 0 Å². The van der Waals surface area contributed by atoms with Crippen molar-refractivity contribution in [1.82, 2.24) is 14.9 Å². The van der Waals surface area contributed by atoms with Crippen molar-refractivity contribution in [3.05, 3.63) is 36.2 Å². The maximum absolute atomic E-state index is 11.1. The maximum Gasteiger partial charge on any atom is 0.306 e. The van der Waals surface area contributed by atoms with Crippen LogP contribution in [0.1, 0.15) is 24.6 Å². The standard InChI is InChI=1S/C13H15N3O2/c17-13(18)9-5-7-14-11(8-9)12-4-3-10-2-1-6-15-16(10)12/h1-4,6,9,11,14H,5,7-8H2,(H,17,18). The minimum Gasteiger partial charge on any atom is -0.481 e. The topological polar surface area (TPSA) is 66.6 Å². The van der Waals surface area contributed by atoms with Crippen LogP contribution in [0.15, 0.2) is 30.5 Å². The molecule has 1 saturated heterocycles. The Kier molecular flexibility index (Phi) is 2.76. The van der Waals surface area contributed by atoms with Gasteiger partial charge in [0.1, 0.15) is 0 Å². The van der Waals surface area contributed by atoms with Gasteiger partial charge in [0.25, 0.3) is 0 Å². The van der Waals surface area contributed by atoms with Gasteiger partial charge in [0.15, 0.2) is 0 Å². The molecule has 0 bridgehead atoms. The van der Waals surface area contributed by atoms with E-state index in [-0.39, 0.29) is 12.0 Å². The van der Waals surface area contributed by atoms with Crippen LogP contribution >= 0.6 is 0 Å². The van der Waals surface area contributed by atoms with E-state index in [2.05, 4.69) is 10.4 Å². The molecule has 1 aliphatic rings. The summed E-state index contributed by atoms with van der Waals surface area (Å²) in [6.45, 7) is 0.738. The highest BCUT2D eigenvalue weighted by Gasteiger charge is 2.28. The first-order valence-electron chi connectivity index (χ1n) is 6.14. The lowest BCUT2D eigenvalue weighted by Crippen LogP contribution is -2.35. The molecule has 0 radical (unpaired) electrons. The molecule has 94 valence electrons.